The minimum absolute atomic E-state index is 0.00742. The second-order valence-corrected chi connectivity index (χ2v) is 10.8. The normalized spacial score (nSPS) is 13.0. The third-order valence-electron chi connectivity index (χ3n) is 5.76. The Kier molecular flexibility index (Phi) is 10.5. The fourth-order valence-corrected chi connectivity index (χ4v) is 4.66. The zero-order valence-corrected chi connectivity index (χ0v) is 22.7. The van der Waals surface area contributed by atoms with E-state index in [2.05, 4.69) is 5.32 Å². The highest BCUT2D eigenvalue weighted by atomic mass is 35.5. The predicted molar refractivity (Wildman–Crippen MR) is 139 cm³/mol. The lowest BCUT2D eigenvalue weighted by molar-refractivity contribution is -0.140. The smallest absolute Gasteiger partial charge is 0.244 e. The molecule has 2 amide bonds. The van der Waals surface area contributed by atoms with Crippen molar-refractivity contribution in [1.82, 2.24) is 10.2 Å². The molecule has 0 unspecified atom stereocenters. The number of nitrogens with one attached hydrogen (secondary N) is 1. The van der Waals surface area contributed by atoms with E-state index in [1.807, 2.05) is 13.8 Å². The molecule has 0 saturated carbocycles. The fraction of sp³-hybridized carbons (Fsp3) is 0.440. The van der Waals surface area contributed by atoms with Crippen LogP contribution in [0.3, 0.4) is 0 Å². The molecule has 0 aliphatic heterocycles. The maximum absolute atomic E-state index is 13.6. The van der Waals surface area contributed by atoms with E-state index >= 15 is 0 Å². The molecule has 0 bridgehead atoms. The summed E-state index contributed by atoms with van der Waals surface area (Å²) < 4.78 is 44.9. The van der Waals surface area contributed by atoms with E-state index in [9.17, 15) is 22.4 Å². The molecule has 36 heavy (non-hydrogen) atoms. The molecule has 0 heterocycles. The van der Waals surface area contributed by atoms with Crippen LogP contribution in [0.2, 0.25) is 5.02 Å². The lowest BCUT2D eigenvalue weighted by Crippen LogP contribution is -2.53. The molecule has 0 aliphatic rings. The van der Waals surface area contributed by atoms with E-state index in [1.54, 1.807) is 6.92 Å². The van der Waals surface area contributed by atoms with E-state index in [4.69, 9.17) is 16.3 Å². The number of nitrogens with zero attached hydrogens (tertiary/aromatic N) is 2. The average molecular weight is 542 g/mol. The lowest BCUT2D eigenvalue weighted by Gasteiger charge is -2.33. The summed E-state index contributed by atoms with van der Waals surface area (Å²) in [5.74, 6) is -1.02. The lowest BCUT2D eigenvalue weighted by atomic mass is 10.1. The van der Waals surface area contributed by atoms with Crippen LogP contribution in [-0.4, -0.2) is 57.1 Å². The molecule has 0 aromatic heterocycles. The number of methoxy groups -OCH3 is 1. The molecule has 2 aromatic carbocycles. The van der Waals surface area contributed by atoms with Crippen molar-refractivity contribution in [3.05, 3.63) is 58.9 Å². The minimum Gasteiger partial charge on any atom is -0.495 e. The van der Waals surface area contributed by atoms with Gasteiger partial charge in [-0.25, -0.2) is 12.8 Å². The van der Waals surface area contributed by atoms with Crippen LogP contribution in [-0.2, 0) is 26.2 Å². The van der Waals surface area contributed by atoms with Crippen LogP contribution in [0.1, 0.15) is 39.2 Å². The first-order valence-electron chi connectivity index (χ1n) is 11.6. The van der Waals surface area contributed by atoms with Gasteiger partial charge in [0.05, 0.1) is 24.1 Å². The average Bonchev–Trinajstić information content (AvgIpc) is 2.82. The Morgan fingerprint density at radius 1 is 1.11 bits per heavy atom. The number of anilines is 1. The first-order chi connectivity index (χ1) is 16.9. The van der Waals surface area contributed by atoms with E-state index in [-0.39, 0.29) is 29.2 Å². The van der Waals surface area contributed by atoms with Gasteiger partial charge in [-0.1, -0.05) is 37.6 Å². The van der Waals surface area contributed by atoms with E-state index in [0.717, 1.165) is 10.6 Å². The molecule has 198 valence electrons. The second kappa shape index (κ2) is 12.9. The number of sulfonamides is 1. The summed E-state index contributed by atoms with van der Waals surface area (Å²) in [4.78, 5) is 28.0. The van der Waals surface area contributed by atoms with E-state index in [0.29, 0.717) is 24.2 Å². The van der Waals surface area contributed by atoms with Gasteiger partial charge in [0.1, 0.15) is 24.2 Å². The fourth-order valence-electron chi connectivity index (χ4n) is 3.57. The van der Waals surface area contributed by atoms with E-state index < -0.39 is 34.3 Å². The molecule has 0 fully saturated rings. The molecule has 0 aliphatic carbocycles. The van der Waals surface area contributed by atoms with Gasteiger partial charge in [-0.3, -0.25) is 13.9 Å². The molecule has 2 atom stereocenters. The van der Waals surface area contributed by atoms with Gasteiger partial charge in [0, 0.05) is 12.6 Å². The van der Waals surface area contributed by atoms with Crippen LogP contribution in [0.15, 0.2) is 42.5 Å². The Hall–Kier alpha value is -2.85. The van der Waals surface area contributed by atoms with Crippen LogP contribution >= 0.6 is 11.6 Å². The Labute approximate surface area is 217 Å². The molecule has 11 heteroatoms. The number of hydrogen-bond donors (Lipinski definition) is 1. The predicted octanol–water partition coefficient (Wildman–Crippen LogP) is 3.98. The minimum atomic E-state index is -3.90. The molecule has 2 rings (SSSR count). The van der Waals surface area contributed by atoms with Crippen molar-refractivity contribution >= 4 is 39.1 Å². The highest BCUT2D eigenvalue weighted by molar-refractivity contribution is 7.92. The van der Waals surface area contributed by atoms with Crippen molar-refractivity contribution < 1.29 is 27.1 Å². The number of rotatable bonds is 12. The quantitative estimate of drug-likeness (QED) is 0.438. The summed E-state index contributed by atoms with van der Waals surface area (Å²) >= 11 is 6.19. The first kappa shape index (κ1) is 29.4. The molecular formula is C25H33ClFN3O5S. The number of carbonyl (C=O) groups excluding carboxylic acids is 2. The second-order valence-electron chi connectivity index (χ2n) is 8.48. The SMILES string of the molecule is CC[C@H](C(=O)N[C@@H](C)CC)N(Cc1ccc(F)cc1)C(=O)CN(c1ccc(OC)c(Cl)c1)S(C)(=O)=O. The third kappa shape index (κ3) is 7.83. The monoisotopic (exact) mass is 541 g/mol. The highest BCUT2D eigenvalue weighted by Gasteiger charge is 2.32. The van der Waals surface area contributed by atoms with Gasteiger partial charge in [0.2, 0.25) is 21.8 Å². The maximum Gasteiger partial charge on any atom is 0.244 e. The van der Waals surface area contributed by atoms with Crippen molar-refractivity contribution in [2.75, 3.05) is 24.2 Å². The third-order valence-corrected chi connectivity index (χ3v) is 7.19. The van der Waals surface area contributed by atoms with Gasteiger partial charge < -0.3 is 15.0 Å². The standard InChI is InChI=1S/C25H33ClFN3O5S/c1-6-17(3)28-25(32)22(7-2)29(15-18-8-10-19(27)11-9-18)24(31)16-30(36(5,33)34)20-12-13-23(35-4)21(26)14-20/h8-14,17,22H,6-7,15-16H2,1-5H3,(H,28,32)/t17-,22+/m0/s1. The van der Waals surface area contributed by atoms with Gasteiger partial charge in [-0.05, 0) is 55.7 Å². The number of amides is 2. The van der Waals surface area contributed by atoms with E-state index in [1.165, 1.54) is 54.5 Å². The molecule has 0 radical (unpaired) electrons. The molecule has 2 aromatic rings. The summed E-state index contributed by atoms with van der Waals surface area (Å²) in [6.07, 6.45) is 1.98. The first-order valence-corrected chi connectivity index (χ1v) is 13.8. The Morgan fingerprint density at radius 2 is 1.75 bits per heavy atom. The Morgan fingerprint density at radius 3 is 2.25 bits per heavy atom. The Bertz CT molecular complexity index is 1160. The van der Waals surface area contributed by atoms with Crippen molar-refractivity contribution in [2.45, 2.75) is 52.2 Å². The van der Waals surface area contributed by atoms with Gasteiger partial charge in [0.25, 0.3) is 0 Å². The van der Waals surface area contributed by atoms with Crippen LogP contribution in [0.5, 0.6) is 5.75 Å². The Balaban J connectivity index is 2.45. The molecular weight excluding hydrogens is 509 g/mol. The maximum atomic E-state index is 13.6. The zero-order chi connectivity index (χ0) is 27.0. The summed E-state index contributed by atoms with van der Waals surface area (Å²) in [5.41, 5.74) is 0.772. The van der Waals surface area contributed by atoms with Crippen LogP contribution in [0.25, 0.3) is 0 Å². The number of benzene rings is 2. The van der Waals surface area contributed by atoms with Gasteiger partial charge in [-0.2, -0.15) is 0 Å². The largest absolute Gasteiger partial charge is 0.495 e. The summed E-state index contributed by atoms with van der Waals surface area (Å²) in [6.45, 7) is 4.98. The van der Waals surface area contributed by atoms with Crippen molar-refractivity contribution in [1.29, 1.82) is 0 Å². The zero-order valence-electron chi connectivity index (χ0n) is 21.1. The van der Waals surface area contributed by atoms with Crippen molar-refractivity contribution in [3.8, 4) is 5.75 Å². The number of halogens is 2. The molecule has 0 saturated heterocycles. The number of hydrogen-bond acceptors (Lipinski definition) is 5. The van der Waals surface area contributed by atoms with Crippen LogP contribution in [0, 0.1) is 5.82 Å². The van der Waals surface area contributed by atoms with Gasteiger partial charge in [0.15, 0.2) is 0 Å². The van der Waals surface area contributed by atoms with Gasteiger partial charge >= 0.3 is 0 Å². The number of ether oxygens (including phenoxy) is 1. The van der Waals surface area contributed by atoms with Gasteiger partial charge in [-0.15, -0.1) is 0 Å². The molecule has 8 nitrogen and oxygen atoms in total. The van der Waals surface area contributed by atoms with Crippen molar-refractivity contribution in [2.24, 2.45) is 0 Å². The summed E-state index contributed by atoms with van der Waals surface area (Å²) in [6, 6.07) is 8.98. The number of carbonyl (C=O) groups is 2. The topological polar surface area (TPSA) is 96.0 Å². The summed E-state index contributed by atoms with van der Waals surface area (Å²) in [7, 11) is -2.47. The summed E-state index contributed by atoms with van der Waals surface area (Å²) in [5, 5.41) is 3.07. The van der Waals surface area contributed by atoms with Crippen molar-refractivity contribution in [3.63, 3.8) is 0 Å². The van der Waals surface area contributed by atoms with Crippen LogP contribution in [0.4, 0.5) is 10.1 Å². The molecule has 0 spiro atoms. The molecule has 1 N–H and O–H groups in total. The highest BCUT2D eigenvalue weighted by Crippen LogP contribution is 2.30. The van der Waals surface area contributed by atoms with Crippen LogP contribution < -0.4 is 14.4 Å².